The summed E-state index contributed by atoms with van der Waals surface area (Å²) in [7, 11) is 0. The van der Waals surface area contributed by atoms with Gasteiger partial charge in [0.25, 0.3) is 0 Å². The van der Waals surface area contributed by atoms with Crippen LogP contribution in [0.25, 0.3) is 0 Å². The fourth-order valence-electron chi connectivity index (χ4n) is 1.79. The average molecular weight is 325 g/mol. The molecule has 0 amide bonds. The third kappa shape index (κ3) is 3.19. The minimum Gasteiger partial charge on any atom is -0.304 e. The quantitative estimate of drug-likeness (QED) is 0.903. The van der Waals surface area contributed by atoms with Gasteiger partial charge in [-0.3, -0.25) is 0 Å². The molecule has 2 aromatic rings. The molecule has 0 spiro atoms. The average Bonchev–Trinajstić information content (AvgIpc) is 2.66. The van der Waals surface area contributed by atoms with Crippen LogP contribution in [0.2, 0.25) is 0 Å². The van der Waals surface area contributed by atoms with Gasteiger partial charge in [0.1, 0.15) is 5.01 Å². The molecular weight excluding hydrogens is 308 g/mol. The molecule has 0 unspecified atom stereocenters. The lowest BCUT2D eigenvalue weighted by atomic mass is 10.1. The predicted molar refractivity (Wildman–Crippen MR) is 81.0 cm³/mol. The van der Waals surface area contributed by atoms with Crippen molar-refractivity contribution in [1.82, 2.24) is 10.3 Å². The molecule has 0 aliphatic rings. The van der Waals surface area contributed by atoms with Gasteiger partial charge in [0, 0.05) is 21.9 Å². The van der Waals surface area contributed by atoms with Gasteiger partial charge in [-0.1, -0.05) is 34.1 Å². The van der Waals surface area contributed by atoms with Crippen molar-refractivity contribution in [2.75, 3.05) is 0 Å². The Morgan fingerprint density at radius 3 is 2.67 bits per heavy atom. The van der Waals surface area contributed by atoms with Crippen LogP contribution in [0.15, 0.2) is 28.7 Å². The van der Waals surface area contributed by atoms with Crippen molar-refractivity contribution in [3.8, 4) is 0 Å². The highest BCUT2D eigenvalue weighted by molar-refractivity contribution is 9.10. The lowest BCUT2D eigenvalue weighted by molar-refractivity contribution is 0.571. The van der Waals surface area contributed by atoms with Crippen LogP contribution in [-0.2, 0) is 6.54 Å². The topological polar surface area (TPSA) is 24.9 Å². The maximum Gasteiger partial charge on any atom is 0.107 e. The maximum absolute atomic E-state index is 4.54. The molecule has 0 aliphatic heterocycles. The Bertz CT molecular complexity index is 517. The van der Waals surface area contributed by atoms with Crippen molar-refractivity contribution >= 4 is 27.3 Å². The van der Waals surface area contributed by atoms with Crippen LogP contribution >= 0.6 is 27.3 Å². The molecule has 0 radical (unpaired) electrons. The zero-order valence-electron chi connectivity index (χ0n) is 10.8. The summed E-state index contributed by atoms with van der Waals surface area (Å²) < 4.78 is 1.15. The molecule has 0 aliphatic carbocycles. The van der Waals surface area contributed by atoms with Crippen LogP contribution in [0.4, 0.5) is 0 Å². The van der Waals surface area contributed by atoms with Crippen molar-refractivity contribution in [3.63, 3.8) is 0 Å². The highest BCUT2D eigenvalue weighted by Crippen LogP contribution is 2.23. The summed E-state index contributed by atoms with van der Waals surface area (Å²) in [6.07, 6.45) is 0. The SMILES string of the molecule is Cc1nc(CN[C@H](C)c2ccccc2Br)sc1C. The number of thiazole rings is 1. The van der Waals surface area contributed by atoms with E-state index in [4.69, 9.17) is 0 Å². The fourth-order valence-corrected chi connectivity index (χ4v) is 3.30. The molecule has 18 heavy (non-hydrogen) atoms. The van der Waals surface area contributed by atoms with Gasteiger partial charge in [-0.25, -0.2) is 4.98 Å². The normalized spacial score (nSPS) is 12.7. The summed E-state index contributed by atoms with van der Waals surface area (Å²) in [6.45, 7) is 7.18. The Hall–Kier alpha value is -0.710. The Morgan fingerprint density at radius 2 is 2.06 bits per heavy atom. The molecule has 0 fully saturated rings. The Labute approximate surface area is 121 Å². The van der Waals surface area contributed by atoms with E-state index in [1.54, 1.807) is 11.3 Å². The zero-order valence-corrected chi connectivity index (χ0v) is 13.2. The lowest BCUT2D eigenvalue weighted by Gasteiger charge is -2.14. The first-order valence-electron chi connectivity index (χ1n) is 5.98. The summed E-state index contributed by atoms with van der Waals surface area (Å²) >= 11 is 5.36. The number of hydrogen-bond donors (Lipinski definition) is 1. The minimum atomic E-state index is 0.310. The Morgan fingerprint density at radius 1 is 1.33 bits per heavy atom. The van der Waals surface area contributed by atoms with Crippen LogP contribution in [0.5, 0.6) is 0 Å². The zero-order chi connectivity index (χ0) is 13.1. The molecule has 0 bridgehead atoms. The minimum absolute atomic E-state index is 0.310. The van der Waals surface area contributed by atoms with E-state index in [9.17, 15) is 0 Å². The Balaban J connectivity index is 2.00. The molecule has 1 atom stereocenters. The molecular formula is C14H17BrN2S. The molecule has 0 saturated carbocycles. The van der Waals surface area contributed by atoms with E-state index in [2.05, 4.69) is 65.2 Å². The summed E-state index contributed by atoms with van der Waals surface area (Å²) in [5, 5.41) is 4.67. The number of hydrogen-bond acceptors (Lipinski definition) is 3. The fraction of sp³-hybridized carbons (Fsp3) is 0.357. The van der Waals surface area contributed by atoms with Crippen molar-refractivity contribution < 1.29 is 0 Å². The predicted octanol–water partition coefficient (Wildman–Crippen LogP) is 4.37. The highest BCUT2D eigenvalue weighted by atomic mass is 79.9. The number of nitrogens with one attached hydrogen (secondary N) is 1. The second-order valence-electron chi connectivity index (χ2n) is 4.37. The molecule has 4 heteroatoms. The lowest BCUT2D eigenvalue weighted by Crippen LogP contribution is -2.18. The summed E-state index contributed by atoms with van der Waals surface area (Å²) in [5.41, 5.74) is 2.42. The second-order valence-corrected chi connectivity index (χ2v) is 6.52. The smallest absolute Gasteiger partial charge is 0.107 e. The van der Waals surface area contributed by atoms with Gasteiger partial charge in [-0.15, -0.1) is 11.3 Å². The van der Waals surface area contributed by atoms with Gasteiger partial charge < -0.3 is 5.32 Å². The third-order valence-corrected chi connectivity index (χ3v) is 4.80. The van der Waals surface area contributed by atoms with Gasteiger partial charge in [0.05, 0.1) is 5.69 Å². The van der Waals surface area contributed by atoms with Crippen LogP contribution in [-0.4, -0.2) is 4.98 Å². The number of nitrogens with zero attached hydrogens (tertiary/aromatic N) is 1. The number of aromatic nitrogens is 1. The third-order valence-electron chi connectivity index (χ3n) is 3.00. The standard InChI is InChI=1S/C14H17BrN2S/c1-9-11(3)18-14(17-9)8-16-10(2)12-6-4-5-7-13(12)15/h4-7,10,16H,8H2,1-3H3/t10-/m1/s1. The first-order valence-corrected chi connectivity index (χ1v) is 7.59. The number of aryl methyl sites for hydroxylation is 2. The largest absolute Gasteiger partial charge is 0.304 e. The van der Waals surface area contributed by atoms with E-state index in [1.165, 1.54) is 10.4 Å². The van der Waals surface area contributed by atoms with Crippen molar-refractivity contribution in [1.29, 1.82) is 0 Å². The number of halogens is 1. The molecule has 1 heterocycles. The number of benzene rings is 1. The molecule has 1 aromatic heterocycles. The van der Waals surface area contributed by atoms with Gasteiger partial charge >= 0.3 is 0 Å². The van der Waals surface area contributed by atoms with Gasteiger partial charge in [-0.05, 0) is 32.4 Å². The summed E-state index contributed by atoms with van der Waals surface area (Å²) in [4.78, 5) is 5.85. The molecule has 2 rings (SSSR count). The van der Waals surface area contributed by atoms with E-state index in [1.807, 2.05) is 6.07 Å². The molecule has 96 valence electrons. The van der Waals surface area contributed by atoms with E-state index in [0.717, 1.165) is 21.7 Å². The molecule has 1 N–H and O–H groups in total. The first-order chi connectivity index (χ1) is 8.58. The van der Waals surface area contributed by atoms with E-state index in [-0.39, 0.29) is 0 Å². The molecule has 0 saturated heterocycles. The highest BCUT2D eigenvalue weighted by Gasteiger charge is 2.09. The van der Waals surface area contributed by atoms with Crippen LogP contribution in [0.1, 0.15) is 34.1 Å². The van der Waals surface area contributed by atoms with Crippen molar-refractivity contribution in [2.24, 2.45) is 0 Å². The van der Waals surface area contributed by atoms with Crippen LogP contribution in [0.3, 0.4) is 0 Å². The molecule has 1 aromatic carbocycles. The van der Waals surface area contributed by atoms with Gasteiger partial charge in [0.15, 0.2) is 0 Å². The van der Waals surface area contributed by atoms with Gasteiger partial charge in [0.2, 0.25) is 0 Å². The van der Waals surface area contributed by atoms with E-state index < -0.39 is 0 Å². The first kappa shape index (κ1) is 13.7. The van der Waals surface area contributed by atoms with Crippen molar-refractivity contribution in [3.05, 3.63) is 49.9 Å². The monoisotopic (exact) mass is 324 g/mol. The Kier molecular flexibility index (Phi) is 4.54. The number of rotatable bonds is 4. The van der Waals surface area contributed by atoms with Crippen LogP contribution < -0.4 is 5.32 Å². The second kappa shape index (κ2) is 5.95. The van der Waals surface area contributed by atoms with E-state index >= 15 is 0 Å². The maximum atomic E-state index is 4.54. The summed E-state index contributed by atoms with van der Waals surface area (Å²) in [6, 6.07) is 8.62. The van der Waals surface area contributed by atoms with Crippen LogP contribution in [0, 0.1) is 13.8 Å². The van der Waals surface area contributed by atoms with E-state index in [0.29, 0.717) is 6.04 Å². The van der Waals surface area contributed by atoms with Crippen molar-refractivity contribution in [2.45, 2.75) is 33.4 Å². The summed E-state index contributed by atoms with van der Waals surface area (Å²) in [5.74, 6) is 0. The molecule has 2 nitrogen and oxygen atoms in total. The van der Waals surface area contributed by atoms with Gasteiger partial charge in [-0.2, -0.15) is 0 Å².